The minimum absolute atomic E-state index is 0.00660. The van der Waals surface area contributed by atoms with E-state index in [0.717, 1.165) is 29.9 Å². The average molecular weight is 304 g/mol. The van der Waals surface area contributed by atoms with Crippen molar-refractivity contribution in [3.63, 3.8) is 0 Å². The smallest absolute Gasteiger partial charge is 0.179 e. The molecule has 1 unspecified atom stereocenters. The summed E-state index contributed by atoms with van der Waals surface area (Å²) in [4.78, 5) is 11.8. The minimum Gasteiger partial charge on any atom is -0.348 e. The number of halogens is 1. The number of ketones is 1. The third-order valence-corrected chi connectivity index (χ3v) is 4.39. The van der Waals surface area contributed by atoms with Crippen LogP contribution in [-0.2, 0) is 6.54 Å². The van der Waals surface area contributed by atoms with Crippen molar-refractivity contribution in [3.05, 3.63) is 58.9 Å². The second kappa shape index (κ2) is 6.95. The molecule has 0 radical (unpaired) electrons. The van der Waals surface area contributed by atoms with Crippen LogP contribution in [0.1, 0.15) is 46.6 Å². The number of hydrogen-bond donors (Lipinski definition) is 0. The minimum atomic E-state index is 0.00660. The lowest BCUT2D eigenvalue weighted by Crippen LogP contribution is -2.08. The van der Waals surface area contributed by atoms with Gasteiger partial charge in [0.15, 0.2) is 5.78 Å². The zero-order chi connectivity index (χ0) is 15.4. The molecule has 1 aromatic heterocycles. The van der Waals surface area contributed by atoms with E-state index in [1.165, 1.54) is 5.56 Å². The molecule has 1 atom stereocenters. The van der Waals surface area contributed by atoms with Gasteiger partial charge in [0.05, 0.1) is 5.88 Å². The van der Waals surface area contributed by atoms with E-state index in [-0.39, 0.29) is 11.7 Å². The molecular formula is C18H22ClNO. The Labute approximate surface area is 131 Å². The molecule has 0 aliphatic rings. The van der Waals surface area contributed by atoms with E-state index >= 15 is 0 Å². The molecule has 0 saturated carbocycles. The maximum absolute atomic E-state index is 11.8. The lowest BCUT2D eigenvalue weighted by atomic mass is 9.98. The monoisotopic (exact) mass is 303 g/mol. The summed E-state index contributed by atoms with van der Waals surface area (Å²) in [5.41, 5.74) is 4.27. The molecule has 0 amide bonds. The van der Waals surface area contributed by atoms with Gasteiger partial charge in [0.1, 0.15) is 0 Å². The Hall–Kier alpha value is -1.54. The van der Waals surface area contributed by atoms with Crippen LogP contribution in [0.15, 0.2) is 36.4 Å². The molecule has 2 rings (SSSR count). The van der Waals surface area contributed by atoms with Gasteiger partial charge in [0.25, 0.3) is 0 Å². The Bertz CT molecular complexity index is 616. The summed E-state index contributed by atoms with van der Waals surface area (Å²) >= 11 is 5.67. The second-order valence-electron chi connectivity index (χ2n) is 5.59. The van der Waals surface area contributed by atoms with E-state index in [1.807, 2.05) is 26.0 Å². The van der Waals surface area contributed by atoms with E-state index in [0.29, 0.717) is 5.92 Å². The first-order chi connectivity index (χ1) is 10.0. The van der Waals surface area contributed by atoms with E-state index in [2.05, 4.69) is 35.8 Å². The molecule has 2 nitrogen and oxygen atoms in total. The van der Waals surface area contributed by atoms with Crippen molar-refractivity contribution in [1.29, 1.82) is 0 Å². The van der Waals surface area contributed by atoms with E-state index in [4.69, 9.17) is 11.6 Å². The molecular weight excluding hydrogens is 282 g/mol. The molecule has 1 heterocycles. The largest absolute Gasteiger partial charge is 0.348 e. The Morgan fingerprint density at radius 1 is 1.24 bits per heavy atom. The van der Waals surface area contributed by atoms with Crippen molar-refractivity contribution < 1.29 is 4.79 Å². The molecule has 0 fully saturated rings. The molecule has 2 aromatic rings. The molecule has 0 bridgehead atoms. The highest BCUT2D eigenvalue weighted by Gasteiger charge is 2.15. The fraction of sp³-hybridized carbons (Fsp3) is 0.389. The van der Waals surface area contributed by atoms with Crippen molar-refractivity contribution in [3.8, 4) is 0 Å². The van der Waals surface area contributed by atoms with Crippen LogP contribution in [0, 0.1) is 13.8 Å². The number of nitrogens with zero attached hydrogens (tertiary/aromatic N) is 1. The summed E-state index contributed by atoms with van der Waals surface area (Å²) in [6, 6.07) is 12.5. The zero-order valence-corrected chi connectivity index (χ0v) is 13.7. The van der Waals surface area contributed by atoms with Gasteiger partial charge in [-0.25, -0.2) is 0 Å². The summed E-state index contributed by atoms with van der Waals surface area (Å²) in [5.74, 6) is 0.553. The van der Waals surface area contributed by atoms with E-state index in [9.17, 15) is 4.79 Å². The van der Waals surface area contributed by atoms with Crippen LogP contribution < -0.4 is 0 Å². The first kappa shape index (κ1) is 15.8. The lowest BCUT2D eigenvalue weighted by molar-refractivity contribution is 0.102. The van der Waals surface area contributed by atoms with Gasteiger partial charge in [0, 0.05) is 23.5 Å². The van der Waals surface area contributed by atoms with Crippen molar-refractivity contribution in [2.45, 2.75) is 39.7 Å². The number of carbonyl (C=O) groups is 1. The molecule has 0 aliphatic heterocycles. The van der Waals surface area contributed by atoms with Crippen LogP contribution in [0.5, 0.6) is 0 Å². The number of aryl methyl sites for hydroxylation is 1. The highest BCUT2D eigenvalue weighted by Crippen LogP contribution is 2.22. The highest BCUT2D eigenvalue weighted by atomic mass is 35.5. The standard InChI is InChI=1S/C18H22ClNO/c1-13(16-7-5-4-6-8-16)9-10-20-14(2)11-17(15(20)3)18(21)12-19/h4-8,11,13H,9-10,12H2,1-3H3. The van der Waals surface area contributed by atoms with Crippen molar-refractivity contribution in [1.82, 2.24) is 4.57 Å². The number of rotatable bonds is 6. The number of carbonyl (C=O) groups excluding carboxylic acids is 1. The summed E-state index contributed by atoms with van der Waals surface area (Å²) < 4.78 is 2.22. The fourth-order valence-electron chi connectivity index (χ4n) is 2.77. The molecule has 3 heteroatoms. The quantitative estimate of drug-likeness (QED) is 0.559. The predicted molar refractivity (Wildman–Crippen MR) is 88.4 cm³/mol. The third kappa shape index (κ3) is 3.56. The number of alkyl halides is 1. The van der Waals surface area contributed by atoms with Gasteiger partial charge >= 0.3 is 0 Å². The Morgan fingerprint density at radius 3 is 2.52 bits per heavy atom. The fourth-order valence-corrected chi connectivity index (χ4v) is 2.91. The summed E-state index contributed by atoms with van der Waals surface area (Å²) in [7, 11) is 0. The Kier molecular flexibility index (Phi) is 5.24. The van der Waals surface area contributed by atoms with Crippen LogP contribution >= 0.6 is 11.6 Å². The molecule has 21 heavy (non-hydrogen) atoms. The van der Waals surface area contributed by atoms with Crippen LogP contribution in [0.4, 0.5) is 0 Å². The maximum Gasteiger partial charge on any atom is 0.179 e. The molecule has 0 N–H and O–H groups in total. The summed E-state index contributed by atoms with van der Waals surface area (Å²) in [6.45, 7) is 7.21. The Morgan fingerprint density at radius 2 is 1.90 bits per heavy atom. The van der Waals surface area contributed by atoms with E-state index < -0.39 is 0 Å². The molecule has 0 aliphatic carbocycles. The van der Waals surface area contributed by atoms with Crippen LogP contribution in [-0.4, -0.2) is 16.2 Å². The normalized spacial score (nSPS) is 12.4. The molecule has 1 aromatic carbocycles. The molecule has 0 saturated heterocycles. The average Bonchev–Trinajstić information content (AvgIpc) is 2.79. The van der Waals surface area contributed by atoms with Crippen LogP contribution in [0.3, 0.4) is 0 Å². The SMILES string of the molecule is Cc1cc(C(=O)CCl)c(C)n1CCC(C)c1ccccc1. The van der Waals surface area contributed by atoms with Crippen molar-refractivity contribution in [2.75, 3.05) is 5.88 Å². The summed E-state index contributed by atoms with van der Waals surface area (Å²) in [5, 5.41) is 0. The van der Waals surface area contributed by atoms with Gasteiger partial charge in [-0.3, -0.25) is 4.79 Å². The molecule has 112 valence electrons. The van der Waals surface area contributed by atoms with Crippen LogP contribution in [0.25, 0.3) is 0 Å². The number of Topliss-reactive ketones (excluding diaryl/α,β-unsaturated/α-hetero) is 1. The first-order valence-corrected chi connectivity index (χ1v) is 7.89. The number of hydrogen-bond acceptors (Lipinski definition) is 1. The topological polar surface area (TPSA) is 22.0 Å². The number of aromatic nitrogens is 1. The summed E-state index contributed by atoms with van der Waals surface area (Å²) in [6.07, 6.45) is 1.05. The zero-order valence-electron chi connectivity index (χ0n) is 12.9. The van der Waals surface area contributed by atoms with Crippen LogP contribution in [0.2, 0.25) is 0 Å². The predicted octanol–water partition coefficient (Wildman–Crippen LogP) is 4.72. The second-order valence-corrected chi connectivity index (χ2v) is 5.86. The van der Waals surface area contributed by atoms with Crippen molar-refractivity contribution >= 4 is 17.4 Å². The van der Waals surface area contributed by atoms with Gasteiger partial charge in [-0.2, -0.15) is 0 Å². The van der Waals surface area contributed by atoms with Gasteiger partial charge < -0.3 is 4.57 Å². The van der Waals surface area contributed by atoms with Gasteiger partial charge in [-0.05, 0) is 37.8 Å². The third-order valence-electron chi connectivity index (χ3n) is 4.15. The van der Waals surface area contributed by atoms with Crippen molar-refractivity contribution in [2.24, 2.45) is 0 Å². The van der Waals surface area contributed by atoms with E-state index in [1.54, 1.807) is 0 Å². The highest BCUT2D eigenvalue weighted by molar-refractivity contribution is 6.30. The van der Waals surface area contributed by atoms with Gasteiger partial charge in [0.2, 0.25) is 0 Å². The lowest BCUT2D eigenvalue weighted by Gasteiger charge is -2.15. The first-order valence-electron chi connectivity index (χ1n) is 7.35. The Balaban J connectivity index is 2.10. The van der Waals surface area contributed by atoms with Gasteiger partial charge in [-0.15, -0.1) is 11.6 Å². The van der Waals surface area contributed by atoms with Gasteiger partial charge in [-0.1, -0.05) is 37.3 Å². The number of benzene rings is 1. The maximum atomic E-state index is 11.8. The molecule has 0 spiro atoms.